The van der Waals surface area contributed by atoms with E-state index in [1.165, 1.54) is 12.8 Å². The van der Waals surface area contributed by atoms with Crippen LogP contribution < -0.4 is 5.32 Å². The third-order valence-corrected chi connectivity index (χ3v) is 3.50. The monoisotopic (exact) mass is 251 g/mol. The van der Waals surface area contributed by atoms with Crippen molar-refractivity contribution in [3.63, 3.8) is 0 Å². The van der Waals surface area contributed by atoms with Crippen LogP contribution in [0.15, 0.2) is 0 Å². The predicted molar refractivity (Wildman–Crippen MR) is 71.8 cm³/mol. The Morgan fingerprint density at radius 1 is 1.61 bits per heavy atom. The summed E-state index contributed by atoms with van der Waals surface area (Å²) < 4.78 is 0. The van der Waals surface area contributed by atoms with Crippen LogP contribution in [0.4, 0.5) is 0 Å². The topological polar surface area (TPSA) is 56.1 Å². The van der Waals surface area contributed by atoms with E-state index in [0.717, 1.165) is 25.6 Å². The quantitative estimate of drug-likeness (QED) is 0.828. The van der Waals surface area contributed by atoms with Gasteiger partial charge >= 0.3 is 0 Å². The summed E-state index contributed by atoms with van der Waals surface area (Å²) in [6, 6.07) is 2.12. The Kier molecular flexibility index (Phi) is 5.15. The van der Waals surface area contributed by atoms with E-state index in [9.17, 15) is 4.79 Å². The minimum atomic E-state index is -0.941. The Balaban J connectivity index is 2.40. The van der Waals surface area contributed by atoms with Gasteiger partial charge < -0.3 is 10.2 Å². The first kappa shape index (κ1) is 15.0. The first-order chi connectivity index (χ1) is 8.35. The summed E-state index contributed by atoms with van der Waals surface area (Å²) in [5, 5.41) is 11.8. The van der Waals surface area contributed by atoms with Crippen molar-refractivity contribution < 1.29 is 4.79 Å². The van der Waals surface area contributed by atoms with E-state index in [2.05, 4.69) is 17.1 Å². The molecule has 1 amide bonds. The fourth-order valence-corrected chi connectivity index (χ4v) is 2.34. The number of piperidine rings is 1. The van der Waals surface area contributed by atoms with Gasteiger partial charge in [-0.1, -0.05) is 6.92 Å². The van der Waals surface area contributed by atoms with E-state index in [0.29, 0.717) is 0 Å². The SMILES string of the molecule is CC1CCCN(CC(C)NC(=O)C(C)(C)C#N)C1. The van der Waals surface area contributed by atoms with Crippen LogP contribution in [0.3, 0.4) is 0 Å². The Hall–Kier alpha value is -1.08. The van der Waals surface area contributed by atoms with Gasteiger partial charge in [0.15, 0.2) is 0 Å². The van der Waals surface area contributed by atoms with Crippen molar-refractivity contribution in [2.45, 2.75) is 46.6 Å². The number of carbonyl (C=O) groups excluding carboxylic acids is 1. The third-order valence-electron chi connectivity index (χ3n) is 3.50. The van der Waals surface area contributed by atoms with E-state index in [4.69, 9.17) is 5.26 Å². The van der Waals surface area contributed by atoms with Crippen LogP contribution in [-0.2, 0) is 4.79 Å². The van der Waals surface area contributed by atoms with Crippen molar-refractivity contribution in [1.29, 1.82) is 5.26 Å². The standard InChI is InChI=1S/C14H25N3O/c1-11-6-5-7-17(8-11)9-12(2)16-13(18)14(3,4)10-15/h11-12H,5-9H2,1-4H3,(H,16,18). The summed E-state index contributed by atoms with van der Waals surface area (Å²) in [5.41, 5.74) is -0.941. The molecule has 0 radical (unpaired) electrons. The molecule has 0 aromatic carbocycles. The Labute approximate surface area is 110 Å². The molecule has 1 aliphatic rings. The molecule has 0 bridgehead atoms. The minimum absolute atomic E-state index is 0.0930. The number of carbonyl (C=O) groups is 1. The Morgan fingerprint density at radius 2 is 2.28 bits per heavy atom. The highest BCUT2D eigenvalue weighted by molar-refractivity contribution is 5.84. The molecule has 1 heterocycles. The molecule has 0 aromatic heterocycles. The van der Waals surface area contributed by atoms with Gasteiger partial charge in [-0.2, -0.15) is 5.26 Å². The summed E-state index contributed by atoms with van der Waals surface area (Å²) in [7, 11) is 0. The summed E-state index contributed by atoms with van der Waals surface area (Å²) in [5.74, 6) is 0.569. The van der Waals surface area contributed by atoms with Crippen LogP contribution in [0.2, 0.25) is 0 Å². The lowest BCUT2D eigenvalue weighted by atomic mass is 9.94. The molecule has 2 unspecified atom stereocenters. The highest BCUT2D eigenvalue weighted by atomic mass is 16.2. The van der Waals surface area contributed by atoms with Gasteiger partial charge in [0.25, 0.3) is 0 Å². The number of nitrogens with zero attached hydrogens (tertiary/aromatic N) is 2. The number of rotatable bonds is 4. The van der Waals surface area contributed by atoms with Crippen molar-refractivity contribution in [3.8, 4) is 6.07 Å². The molecule has 0 saturated carbocycles. The van der Waals surface area contributed by atoms with Crippen molar-refractivity contribution in [1.82, 2.24) is 10.2 Å². The lowest BCUT2D eigenvalue weighted by Crippen LogP contribution is -2.48. The maximum Gasteiger partial charge on any atom is 0.240 e. The second kappa shape index (κ2) is 6.19. The summed E-state index contributed by atoms with van der Waals surface area (Å²) >= 11 is 0. The average Bonchev–Trinajstić information content (AvgIpc) is 2.28. The predicted octanol–water partition coefficient (Wildman–Crippen LogP) is 1.77. The van der Waals surface area contributed by atoms with Gasteiger partial charge in [-0.15, -0.1) is 0 Å². The van der Waals surface area contributed by atoms with E-state index in [1.54, 1.807) is 13.8 Å². The molecule has 0 aliphatic carbocycles. The number of amides is 1. The van der Waals surface area contributed by atoms with Crippen molar-refractivity contribution >= 4 is 5.91 Å². The zero-order chi connectivity index (χ0) is 13.8. The molecular weight excluding hydrogens is 226 g/mol. The first-order valence-electron chi connectivity index (χ1n) is 6.79. The van der Waals surface area contributed by atoms with Crippen LogP contribution in [-0.4, -0.2) is 36.5 Å². The lowest BCUT2D eigenvalue weighted by Gasteiger charge is -2.33. The molecule has 1 saturated heterocycles. The van der Waals surface area contributed by atoms with Crippen LogP contribution in [0, 0.1) is 22.7 Å². The van der Waals surface area contributed by atoms with Crippen molar-refractivity contribution in [2.75, 3.05) is 19.6 Å². The van der Waals surface area contributed by atoms with Crippen molar-refractivity contribution in [2.24, 2.45) is 11.3 Å². The number of nitriles is 1. The maximum atomic E-state index is 11.9. The molecule has 0 aromatic rings. The lowest BCUT2D eigenvalue weighted by molar-refractivity contribution is -0.127. The molecular formula is C14H25N3O. The molecule has 4 heteroatoms. The third kappa shape index (κ3) is 4.30. The molecule has 102 valence electrons. The van der Waals surface area contributed by atoms with Crippen LogP contribution in [0.25, 0.3) is 0 Å². The van der Waals surface area contributed by atoms with Gasteiger partial charge in [-0.3, -0.25) is 4.79 Å². The van der Waals surface area contributed by atoms with Crippen LogP contribution in [0.5, 0.6) is 0 Å². The van der Waals surface area contributed by atoms with Gasteiger partial charge in [-0.25, -0.2) is 0 Å². The molecule has 0 spiro atoms. The summed E-state index contributed by atoms with van der Waals surface area (Å²) in [4.78, 5) is 14.3. The zero-order valence-corrected chi connectivity index (χ0v) is 12.0. The average molecular weight is 251 g/mol. The molecule has 1 N–H and O–H groups in total. The normalized spacial score (nSPS) is 23.2. The molecule has 2 atom stereocenters. The van der Waals surface area contributed by atoms with Gasteiger partial charge in [-0.05, 0) is 46.1 Å². The Morgan fingerprint density at radius 3 is 2.83 bits per heavy atom. The van der Waals surface area contributed by atoms with Crippen LogP contribution >= 0.6 is 0 Å². The minimum Gasteiger partial charge on any atom is -0.351 e. The second-order valence-corrected chi connectivity index (χ2v) is 6.12. The summed E-state index contributed by atoms with van der Waals surface area (Å²) in [6.45, 7) is 10.7. The number of nitrogens with one attached hydrogen (secondary N) is 1. The largest absolute Gasteiger partial charge is 0.351 e. The molecule has 18 heavy (non-hydrogen) atoms. The van der Waals surface area contributed by atoms with Crippen molar-refractivity contribution in [3.05, 3.63) is 0 Å². The summed E-state index contributed by atoms with van der Waals surface area (Å²) in [6.07, 6.45) is 2.55. The van der Waals surface area contributed by atoms with Gasteiger partial charge in [0.2, 0.25) is 5.91 Å². The Bertz CT molecular complexity index is 332. The van der Waals surface area contributed by atoms with E-state index >= 15 is 0 Å². The highest BCUT2D eigenvalue weighted by Gasteiger charge is 2.28. The zero-order valence-electron chi connectivity index (χ0n) is 12.0. The fourth-order valence-electron chi connectivity index (χ4n) is 2.34. The smallest absolute Gasteiger partial charge is 0.240 e. The van der Waals surface area contributed by atoms with Gasteiger partial charge in [0, 0.05) is 19.1 Å². The molecule has 1 aliphatic heterocycles. The van der Waals surface area contributed by atoms with Crippen LogP contribution in [0.1, 0.15) is 40.5 Å². The number of likely N-dealkylation sites (tertiary alicyclic amines) is 1. The fraction of sp³-hybridized carbons (Fsp3) is 0.857. The van der Waals surface area contributed by atoms with Gasteiger partial charge in [0.1, 0.15) is 5.41 Å². The first-order valence-corrected chi connectivity index (χ1v) is 6.79. The van der Waals surface area contributed by atoms with E-state index in [1.807, 2.05) is 13.0 Å². The maximum absolute atomic E-state index is 11.9. The molecule has 1 fully saturated rings. The molecule has 4 nitrogen and oxygen atoms in total. The second-order valence-electron chi connectivity index (χ2n) is 6.12. The van der Waals surface area contributed by atoms with E-state index < -0.39 is 5.41 Å². The van der Waals surface area contributed by atoms with Gasteiger partial charge in [0.05, 0.1) is 6.07 Å². The highest BCUT2D eigenvalue weighted by Crippen LogP contribution is 2.16. The number of hydrogen-bond acceptors (Lipinski definition) is 3. The number of hydrogen-bond donors (Lipinski definition) is 1. The van der Waals surface area contributed by atoms with E-state index in [-0.39, 0.29) is 11.9 Å². The molecule has 1 rings (SSSR count).